The van der Waals surface area contributed by atoms with Crippen molar-refractivity contribution in [3.05, 3.63) is 28.7 Å². The van der Waals surface area contributed by atoms with Gasteiger partial charge in [-0.1, -0.05) is 11.6 Å². The van der Waals surface area contributed by atoms with Gasteiger partial charge in [-0.3, -0.25) is 10.00 Å². The molecular formula is C31H33ClFN7O4. The van der Waals surface area contributed by atoms with Gasteiger partial charge in [-0.25, -0.2) is 9.37 Å². The van der Waals surface area contributed by atoms with Gasteiger partial charge < -0.3 is 24.2 Å². The Labute approximate surface area is 257 Å². The molecule has 4 aromatic rings. The van der Waals surface area contributed by atoms with Crippen LogP contribution in [-0.4, -0.2) is 98.9 Å². The van der Waals surface area contributed by atoms with E-state index in [0.29, 0.717) is 60.1 Å². The number of aliphatic hydroxyl groups excluding tert-OH is 1. The van der Waals surface area contributed by atoms with E-state index in [2.05, 4.69) is 20.0 Å². The molecule has 13 heteroatoms. The highest BCUT2D eigenvalue weighted by Crippen LogP contribution is 2.51. The van der Waals surface area contributed by atoms with Crippen molar-refractivity contribution in [2.45, 2.75) is 62.1 Å². The van der Waals surface area contributed by atoms with E-state index in [1.165, 1.54) is 0 Å². The Bertz CT molecular complexity index is 1800. The molecule has 0 spiro atoms. The average molecular weight is 622 g/mol. The highest BCUT2D eigenvalue weighted by molar-refractivity contribution is 6.33. The third-order valence-electron chi connectivity index (χ3n) is 10.2. The van der Waals surface area contributed by atoms with Crippen LogP contribution in [0.25, 0.3) is 33.1 Å². The van der Waals surface area contributed by atoms with E-state index in [1.54, 1.807) is 6.20 Å². The number of fused-ring (bicyclic) bond motifs is 4. The highest BCUT2D eigenvalue weighted by atomic mass is 35.5. The summed E-state index contributed by atoms with van der Waals surface area (Å²) in [6, 6.07) is 1.78. The first-order valence-electron chi connectivity index (χ1n) is 15.6. The van der Waals surface area contributed by atoms with Crippen molar-refractivity contribution >= 4 is 39.2 Å². The van der Waals surface area contributed by atoms with Gasteiger partial charge >= 0.3 is 6.01 Å². The fourth-order valence-electron chi connectivity index (χ4n) is 7.83. The molecule has 1 saturated carbocycles. The topological polar surface area (TPSA) is 122 Å². The molecule has 1 aliphatic carbocycles. The van der Waals surface area contributed by atoms with Crippen molar-refractivity contribution in [2.75, 3.05) is 51.0 Å². The lowest BCUT2D eigenvalue weighted by Gasteiger charge is -2.34. The molecule has 1 aromatic carbocycles. The largest absolute Gasteiger partial charge is 0.475 e. The number of halogens is 2. The molecule has 5 aliphatic rings. The normalized spacial score (nSPS) is 26.8. The maximum atomic E-state index is 17.1. The first-order chi connectivity index (χ1) is 21.5. The van der Waals surface area contributed by atoms with Gasteiger partial charge in [0.05, 0.1) is 36.0 Å². The first kappa shape index (κ1) is 27.0. The van der Waals surface area contributed by atoms with Crippen molar-refractivity contribution in [1.29, 1.82) is 0 Å². The Morgan fingerprint density at radius 3 is 2.93 bits per heavy atom. The minimum Gasteiger partial charge on any atom is -0.475 e. The summed E-state index contributed by atoms with van der Waals surface area (Å²) in [5, 5.41) is 19.9. The number of benzene rings is 1. The van der Waals surface area contributed by atoms with E-state index in [0.717, 1.165) is 56.1 Å². The van der Waals surface area contributed by atoms with Crippen LogP contribution in [0.2, 0.25) is 5.02 Å². The molecule has 3 atom stereocenters. The lowest BCUT2D eigenvalue weighted by Crippen LogP contribution is -2.50. The van der Waals surface area contributed by atoms with Crippen LogP contribution in [0, 0.1) is 5.82 Å². The minimum absolute atomic E-state index is 0.0719. The van der Waals surface area contributed by atoms with E-state index in [1.807, 2.05) is 6.07 Å². The van der Waals surface area contributed by atoms with E-state index >= 15 is 4.39 Å². The Morgan fingerprint density at radius 2 is 2.05 bits per heavy atom. The monoisotopic (exact) mass is 621 g/mol. The SMILES string of the molecule is O[C@@H]1CCN2CCC[C@]12COc1nc2c3c(nc(-c4c(C5CC5)c(Cl)cc5[nH]ncc45)c(F)c3n1)OC[C@@H]1COCCCN21. The molecule has 0 amide bonds. The van der Waals surface area contributed by atoms with Crippen LogP contribution >= 0.6 is 11.6 Å². The molecule has 11 nitrogen and oxygen atoms in total. The maximum Gasteiger partial charge on any atom is 0.319 e. The van der Waals surface area contributed by atoms with Gasteiger partial charge in [0.25, 0.3) is 0 Å². The summed E-state index contributed by atoms with van der Waals surface area (Å²) < 4.78 is 35.7. The number of H-pyrrole nitrogens is 1. The van der Waals surface area contributed by atoms with Crippen LogP contribution in [0.5, 0.6) is 11.9 Å². The number of hydrogen-bond donors (Lipinski definition) is 2. The van der Waals surface area contributed by atoms with Gasteiger partial charge in [0.2, 0.25) is 5.88 Å². The lowest BCUT2D eigenvalue weighted by molar-refractivity contribution is 0.0140. The van der Waals surface area contributed by atoms with Gasteiger partial charge in [0.1, 0.15) is 35.6 Å². The van der Waals surface area contributed by atoms with Crippen LogP contribution in [0.1, 0.15) is 50.0 Å². The Balaban J connectivity index is 1.25. The second kappa shape index (κ2) is 10.1. The third kappa shape index (κ3) is 4.03. The molecule has 0 unspecified atom stereocenters. The molecule has 7 heterocycles. The molecule has 230 valence electrons. The number of aliphatic hydroxyl groups is 1. The predicted octanol–water partition coefficient (Wildman–Crippen LogP) is 4.20. The number of rotatable bonds is 5. The Morgan fingerprint density at radius 1 is 1.14 bits per heavy atom. The van der Waals surface area contributed by atoms with Gasteiger partial charge in [0, 0.05) is 35.7 Å². The standard InChI is InChI=1S/C31H33ClFN7O4/c32-19-11-20-18(12-34-38-20)23(22(19)16-3-4-16)26-25(33)27-24-28(40-8-2-10-42-13-17(40)14-43-29(24)35-26)37-30(36-27)44-15-31-6-1-7-39(31)9-5-21(31)41/h11-12,16-17,21,41H,1-10,13-15H2,(H,34,38)/t17-,21+,31-/m0/s1. The molecule has 2 N–H and O–H groups in total. The van der Waals surface area contributed by atoms with Gasteiger partial charge in [0.15, 0.2) is 5.82 Å². The summed E-state index contributed by atoms with van der Waals surface area (Å²) in [5.74, 6) is 0.436. The van der Waals surface area contributed by atoms with Crippen LogP contribution in [0.3, 0.4) is 0 Å². The Hall–Kier alpha value is -3.32. The van der Waals surface area contributed by atoms with Crippen molar-refractivity contribution in [2.24, 2.45) is 0 Å². The van der Waals surface area contributed by atoms with E-state index < -0.39 is 17.5 Å². The molecule has 44 heavy (non-hydrogen) atoms. The summed E-state index contributed by atoms with van der Waals surface area (Å²) in [5.41, 5.74) is 1.92. The molecule has 4 aliphatic heterocycles. The quantitative estimate of drug-likeness (QED) is 0.335. The number of ether oxygens (including phenoxy) is 3. The van der Waals surface area contributed by atoms with Crippen LogP contribution in [-0.2, 0) is 4.74 Å². The van der Waals surface area contributed by atoms with Crippen molar-refractivity contribution in [3.63, 3.8) is 0 Å². The number of anilines is 1. The minimum atomic E-state index is -0.585. The highest BCUT2D eigenvalue weighted by Gasteiger charge is 2.51. The average Bonchev–Trinajstić information content (AvgIpc) is 3.61. The van der Waals surface area contributed by atoms with Gasteiger partial charge in [-0.2, -0.15) is 15.1 Å². The fourth-order valence-corrected chi connectivity index (χ4v) is 8.19. The lowest BCUT2D eigenvalue weighted by atomic mass is 9.92. The van der Waals surface area contributed by atoms with Crippen molar-refractivity contribution in [1.82, 2.24) is 30.0 Å². The predicted molar refractivity (Wildman–Crippen MR) is 161 cm³/mol. The molecule has 0 radical (unpaired) electrons. The second-order valence-electron chi connectivity index (χ2n) is 12.8. The fraction of sp³-hybridized carbons (Fsp3) is 0.548. The van der Waals surface area contributed by atoms with Gasteiger partial charge in [-0.05, 0) is 62.6 Å². The molecule has 3 aromatic heterocycles. The molecule has 3 saturated heterocycles. The van der Waals surface area contributed by atoms with Crippen LogP contribution in [0.15, 0.2) is 12.3 Å². The number of nitrogens with zero attached hydrogens (tertiary/aromatic N) is 6. The van der Waals surface area contributed by atoms with Gasteiger partial charge in [-0.15, -0.1) is 0 Å². The number of aromatic amines is 1. The smallest absolute Gasteiger partial charge is 0.319 e. The van der Waals surface area contributed by atoms with Crippen molar-refractivity contribution in [3.8, 4) is 23.1 Å². The van der Waals surface area contributed by atoms with Crippen LogP contribution in [0.4, 0.5) is 10.2 Å². The first-order valence-corrected chi connectivity index (χ1v) is 16.0. The maximum absolute atomic E-state index is 17.1. The zero-order valence-electron chi connectivity index (χ0n) is 24.2. The summed E-state index contributed by atoms with van der Waals surface area (Å²) in [6.45, 7) is 4.02. The van der Waals surface area contributed by atoms with Crippen molar-refractivity contribution < 1.29 is 23.7 Å². The number of aromatic nitrogens is 5. The second-order valence-corrected chi connectivity index (χ2v) is 13.2. The summed E-state index contributed by atoms with van der Waals surface area (Å²) in [7, 11) is 0. The zero-order chi connectivity index (χ0) is 29.6. The number of nitrogens with one attached hydrogen (secondary N) is 1. The Kier molecular flexibility index (Phi) is 6.20. The number of hydrogen-bond acceptors (Lipinski definition) is 10. The summed E-state index contributed by atoms with van der Waals surface area (Å²) >= 11 is 6.82. The third-order valence-corrected chi connectivity index (χ3v) is 10.5. The molecule has 0 bridgehead atoms. The van der Waals surface area contributed by atoms with E-state index in [4.69, 9.17) is 40.8 Å². The van der Waals surface area contributed by atoms with E-state index in [9.17, 15) is 5.11 Å². The summed E-state index contributed by atoms with van der Waals surface area (Å²) in [6.07, 6.45) is 6.47. The molecule has 9 rings (SSSR count). The zero-order valence-corrected chi connectivity index (χ0v) is 24.9. The molecule has 4 fully saturated rings. The van der Waals surface area contributed by atoms with E-state index in [-0.39, 0.29) is 41.7 Å². The van der Waals surface area contributed by atoms with Crippen LogP contribution < -0.4 is 14.4 Å². The summed E-state index contributed by atoms with van der Waals surface area (Å²) in [4.78, 5) is 18.9. The molecular weight excluding hydrogens is 589 g/mol. The number of pyridine rings is 1.